The summed E-state index contributed by atoms with van der Waals surface area (Å²) in [5, 5.41) is 9.26. The second kappa shape index (κ2) is 3.46. The van der Waals surface area contributed by atoms with Crippen LogP contribution in [0.2, 0.25) is 5.02 Å². The number of carboxylic acids is 1. The summed E-state index contributed by atoms with van der Waals surface area (Å²) in [7, 11) is 0. The number of aryl methyl sites for hydroxylation is 1. The van der Waals surface area contributed by atoms with Gasteiger partial charge in [-0.15, -0.1) is 11.3 Å². The predicted molar refractivity (Wildman–Crippen MR) is 50.1 cm³/mol. The van der Waals surface area contributed by atoms with Crippen molar-refractivity contribution in [1.29, 1.82) is 0 Å². The van der Waals surface area contributed by atoms with Gasteiger partial charge in [0.2, 0.25) is 0 Å². The molecule has 1 aromatic heterocycles. The molecule has 1 N–H and O–H groups in total. The number of aliphatic carboxylic acids is 1. The van der Waals surface area contributed by atoms with Crippen LogP contribution in [-0.2, 0) is 11.2 Å². The molecule has 1 aromatic rings. The first kappa shape index (κ1) is 9.55. The van der Waals surface area contributed by atoms with Gasteiger partial charge in [-0.25, -0.2) is 0 Å². The van der Waals surface area contributed by atoms with Crippen molar-refractivity contribution in [3.05, 3.63) is 20.3 Å². The molecule has 0 aliphatic carbocycles. The van der Waals surface area contributed by atoms with E-state index >= 15 is 0 Å². The lowest BCUT2D eigenvalue weighted by Gasteiger charge is -1.92. The number of hydrogen-bond acceptors (Lipinski definition) is 2. The van der Waals surface area contributed by atoms with E-state index in [1.165, 1.54) is 11.3 Å². The van der Waals surface area contributed by atoms with Crippen LogP contribution in [0.1, 0.15) is 15.3 Å². The first-order chi connectivity index (χ1) is 5.52. The molecule has 1 heterocycles. The third kappa shape index (κ3) is 1.79. The van der Waals surface area contributed by atoms with Crippen LogP contribution in [0.3, 0.4) is 0 Å². The van der Waals surface area contributed by atoms with E-state index in [9.17, 15) is 4.79 Å². The number of rotatable bonds is 2. The molecule has 66 valence electrons. The minimum absolute atomic E-state index is 0.0735. The minimum Gasteiger partial charge on any atom is -0.481 e. The highest BCUT2D eigenvalue weighted by Crippen LogP contribution is 2.31. The van der Waals surface area contributed by atoms with Gasteiger partial charge in [-0.1, -0.05) is 11.6 Å². The fourth-order valence-corrected chi connectivity index (χ4v) is 2.35. The van der Waals surface area contributed by atoms with Crippen LogP contribution in [0.4, 0.5) is 0 Å². The Balaban J connectivity index is 3.01. The van der Waals surface area contributed by atoms with Crippen molar-refractivity contribution >= 4 is 28.9 Å². The highest BCUT2D eigenvalue weighted by Gasteiger charge is 2.12. The third-order valence-electron chi connectivity index (χ3n) is 1.64. The van der Waals surface area contributed by atoms with Gasteiger partial charge in [0, 0.05) is 9.75 Å². The maximum Gasteiger partial charge on any atom is 0.308 e. The summed E-state index contributed by atoms with van der Waals surface area (Å²) >= 11 is 7.36. The molecular weight excluding hydrogens is 196 g/mol. The van der Waals surface area contributed by atoms with E-state index in [-0.39, 0.29) is 6.42 Å². The summed E-state index contributed by atoms with van der Waals surface area (Å²) in [4.78, 5) is 12.2. The number of carbonyl (C=O) groups is 1. The van der Waals surface area contributed by atoms with Crippen molar-refractivity contribution in [3.63, 3.8) is 0 Å². The summed E-state index contributed by atoms with van der Waals surface area (Å²) in [6.07, 6.45) is 0.0735. The van der Waals surface area contributed by atoms with Gasteiger partial charge in [-0.2, -0.15) is 0 Å². The van der Waals surface area contributed by atoms with Crippen LogP contribution in [-0.4, -0.2) is 11.1 Å². The molecule has 0 unspecified atom stereocenters. The van der Waals surface area contributed by atoms with E-state index in [4.69, 9.17) is 16.7 Å². The Bertz CT molecular complexity index is 317. The van der Waals surface area contributed by atoms with Crippen molar-refractivity contribution in [2.24, 2.45) is 0 Å². The standard InChI is InChI=1S/C8H9ClO2S/c1-4-6(3-7(10)11)12-5(2)8(4)9/h3H2,1-2H3,(H,10,11). The fraction of sp³-hybridized carbons (Fsp3) is 0.375. The third-order valence-corrected chi connectivity index (χ3v) is 3.53. The van der Waals surface area contributed by atoms with Crippen molar-refractivity contribution in [2.45, 2.75) is 20.3 Å². The largest absolute Gasteiger partial charge is 0.481 e. The van der Waals surface area contributed by atoms with Gasteiger partial charge in [-0.3, -0.25) is 4.79 Å². The summed E-state index contributed by atoms with van der Waals surface area (Å²) in [6, 6.07) is 0. The van der Waals surface area contributed by atoms with E-state index in [1.54, 1.807) is 0 Å². The lowest BCUT2D eigenvalue weighted by molar-refractivity contribution is -0.136. The van der Waals surface area contributed by atoms with Crippen molar-refractivity contribution < 1.29 is 9.90 Å². The van der Waals surface area contributed by atoms with E-state index in [0.29, 0.717) is 5.02 Å². The molecule has 0 aliphatic heterocycles. The zero-order chi connectivity index (χ0) is 9.30. The van der Waals surface area contributed by atoms with Gasteiger partial charge in [0.05, 0.1) is 11.4 Å². The molecule has 2 nitrogen and oxygen atoms in total. The van der Waals surface area contributed by atoms with E-state index in [0.717, 1.165) is 15.3 Å². The van der Waals surface area contributed by atoms with Crippen molar-refractivity contribution in [3.8, 4) is 0 Å². The summed E-state index contributed by atoms with van der Waals surface area (Å²) < 4.78 is 0. The van der Waals surface area contributed by atoms with Crippen LogP contribution in [0, 0.1) is 13.8 Å². The monoisotopic (exact) mass is 204 g/mol. The first-order valence-corrected chi connectivity index (χ1v) is 4.68. The Morgan fingerprint density at radius 3 is 2.50 bits per heavy atom. The quantitative estimate of drug-likeness (QED) is 0.804. The average molecular weight is 205 g/mol. The smallest absolute Gasteiger partial charge is 0.308 e. The molecule has 0 amide bonds. The maximum absolute atomic E-state index is 10.4. The molecule has 0 radical (unpaired) electrons. The topological polar surface area (TPSA) is 37.3 Å². The lowest BCUT2D eigenvalue weighted by atomic mass is 10.2. The molecule has 4 heteroatoms. The maximum atomic E-state index is 10.4. The van der Waals surface area contributed by atoms with Crippen molar-refractivity contribution in [2.75, 3.05) is 0 Å². The molecule has 0 saturated heterocycles. The van der Waals surface area contributed by atoms with Gasteiger partial charge < -0.3 is 5.11 Å². The van der Waals surface area contributed by atoms with Crippen molar-refractivity contribution in [1.82, 2.24) is 0 Å². The second-order valence-corrected chi connectivity index (χ2v) is 4.28. The van der Waals surface area contributed by atoms with Crippen LogP contribution < -0.4 is 0 Å². The Labute approximate surface area is 79.8 Å². The van der Waals surface area contributed by atoms with Gasteiger partial charge >= 0.3 is 5.97 Å². The molecule has 0 bridgehead atoms. The number of carboxylic acid groups (broad SMARTS) is 1. The zero-order valence-electron chi connectivity index (χ0n) is 6.85. The van der Waals surface area contributed by atoms with Crippen LogP contribution in [0.15, 0.2) is 0 Å². The number of halogens is 1. The predicted octanol–water partition coefficient (Wildman–Crippen LogP) is 2.65. The molecule has 0 saturated carbocycles. The van der Waals surface area contributed by atoms with Gasteiger partial charge in [-0.05, 0) is 19.4 Å². The van der Waals surface area contributed by atoms with Gasteiger partial charge in [0.15, 0.2) is 0 Å². The second-order valence-electron chi connectivity index (χ2n) is 2.59. The molecule has 12 heavy (non-hydrogen) atoms. The van der Waals surface area contributed by atoms with Gasteiger partial charge in [0.25, 0.3) is 0 Å². The molecule has 0 aromatic carbocycles. The van der Waals surface area contributed by atoms with Crippen LogP contribution >= 0.6 is 22.9 Å². The zero-order valence-corrected chi connectivity index (χ0v) is 8.42. The summed E-state index contributed by atoms with van der Waals surface area (Å²) in [5.41, 5.74) is 0.904. The molecule has 0 fully saturated rings. The van der Waals surface area contributed by atoms with Gasteiger partial charge in [0.1, 0.15) is 0 Å². The minimum atomic E-state index is -0.809. The highest BCUT2D eigenvalue weighted by atomic mass is 35.5. The highest BCUT2D eigenvalue weighted by molar-refractivity contribution is 7.12. The Kier molecular flexibility index (Phi) is 2.75. The van der Waals surface area contributed by atoms with Crippen LogP contribution in [0.25, 0.3) is 0 Å². The van der Waals surface area contributed by atoms with E-state index < -0.39 is 5.97 Å². The summed E-state index contributed by atoms with van der Waals surface area (Å²) in [6.45, 7) is 3.75. The number of thiophene rings is 1. The Morgan fingerprint density at radius 1 is 1.58 bits per heavy atom. The average Bonchev–Trinajstić information content (AvgIpc) is 2.17. The van der Waals surface area contributed by atoms with Crippen LogP contribution in [0.5, 0.6) is 0 Å². The normalized spacial score (nSPS) is 10.2. The lowest BCUT2D eigenvalue weighted by Crippen LogP contribution is -1.98. The molecule has 0 atom stereocenters. The Morgan fingerprint density at radius 2 is 2.17 bits per heavy atom. The molecular formula is C8H9ClO2S. The Hall–Kier alpha value is -0.540. The van der Waals surface area contributed by atoms with E-state index in [2.05, 4.69) is 0 Å². The van der Waals surface area contributed by atoms with E-state index in [1.807, 2.05) is 13.8 Å². The fourth-order valence-electron chi connectivity index (χ4n) is 0.999. The number of hydrogen-bond donors (Lipinski definition) is 1. The molecule has 0 spiro atoms. The first-order valence-electron chi connectivity index (χ1n) is 3.48. The SMILES string of the molecule is Cc1sc(CC(=O)O)c(C)c1Cl. The molecule has 1 rings (SSSR count). The molecule has 0 aliphatic rings. The summed E-state index contributed by atoms with van der Waals surface area (Å²) in [5.74, 6) is -0.809.